The highest BCUT2D eigenvalue weighted by Gasteiger charge is 2.30. The number of para-hydroxylation sites is 1. The smallest absolute Gasteiger partial charge is 0.264 e. The Morgan fingerprint density at radius 2 is 1.68 bits per heavy atom. The van der Waals surface area contributed by atoms with Crippen LogP contribution in [0.5, 0.6) is 0 Å². The SMILES string of the molecule is O=C(Nc1nc2ccc3ccccc3c2s1)c1ccc(S(=O)(=O)N2CCc3ccccc32)cc1. The lowest BCUT2D eigenvalue weighted by molar-refractivity contribution is 0.102. The number of nitrogens with zero attached hydrogens (tertiary/aromatic N) is 2. The number of sulfonamides is 1. The Morgan fingerprint density at radius 1 is 0.912 bits per heavy atom. The minimum absolute atomic E-state index is 0.159. The maximum absolute atomic E-state index is 13.2. The van der Waals surface area contributed by atoms with E-state index in [4.69, 9.17) is 0 Å². The van der Waals surface area contributed by atoms with Gasteiger partial charge in [-0.05, 0) is 53.8 Å². The average molecular weight is 486 g/mol. The van der Waals surface area contributed by atoms with Crippen molar-refractivity contribution in [3.8, 4) is 0 Å². The molecule has 0 saturated heterocycles. The van der Waals surface area contributed by atoms with Crippen LogP contribution in [0.4, 0.5) is 10.8 Å². The topological polar surface area (TPSA) is 79.4 Å². The summed E-state index contributed by atoms with van der Waals surface area (Å²) in [6, 6.07) is 25.6. The third kappa shape index (κ3) is 3.43. The molecule has 1 amide bonds. The molecule has 2 heterocycles. The van der Waals surface area contributed by atoms with E-state index in [1.807, 2.05) is 60.7 Å². The largest absolute Gasteiger partial charge is 0.298 e. The highest BCUT2D eigenvalue weighted by atomic mass is 32.2. The minimum Gasteiger partial charge on any atom is -0.298 e. The van der Waals surface area contributed by atoms with Gasteiger partial charge in [-0.15, -0.1) is 0 Å². The first-order chi connectivity index (χ1) is 16.5. The molecule has 0 unspecified atom stereocenters. The van der Waals surface area contributed by atoms with Gasteiger partial charge in [0.2, 0.25) is 0 Å². The van der Waals surface area contributed by atoms with E-state index in [2.05, 4.69) is 10.3 Å². The maximum atomic E-state index is 13.2. The molecule has 0 saturated carbocycles. The van der Waals surface area contributed by atoms with Gasteiger partial charge in [-0.25, -0.2) is 13.4 Å². The predicted molar refractivity (Wildman–Crippen MR) is 136 cm³/mol. The van der Waals surface area contributed by atoms with Crippen LogP contribution < -0.4 is 9.62 Å². The zero-order chi connectivity index (χ0) is 23.3. The van der Waals surface area contributed by atoms with Gasteiger partial charge in [0, 0.05) is 17.5 Å². The number of carbonyl (C=O) groups excluding carboxylic acids is 1. The molecule has 0 aliphatic carbocycles. The van der Waals surface area contributed by atoms with Gasteiger partial charge < -0.3 is 0 Å². The second-order valence-electron chi connectivity index (χ2n) is 8.09. The molecule has 4 aromatic carbocycles. The molecule has 1 aliphatic rings. The number of fused-ring (bicyclic) bond motifs is 4. The zero-order valence-electron chi connectivity index (χ0n) is 17.9. The van der Waals surface area contributed by atoms with Gasteiger partial charge in [0.05, 0.1) is 20.8 Å². The summed E-state index contributed by atoms with van der Waals surface area (Å²) < 4.78 is 28.8. The second kappa shape index (κ2) is 7.93. The Morgan fingerprint density at radius 3 is 2.53 bits per heavy atom. The van der Waals surface area contributed by atoms with Crippen molar-refractivity contribution in [2.45, 2.75) is 11.3 Å². The van der Waals surface area contributed by atoms with Crippen molar-refractivity contribution in [1.29, 1.82) is 0 Å². The summed E-state index contributed by atoms with van der Waals surface area (Å²) >= 11 is 1.42. The number of nitrogens with one attached hydrogen (secondary N) is 1. The molecular formula is C26H19N3O3S2. The fourth-order valence-corrected chi connectivity index (χ4v) is 6.84. The van der Waals surface area contributed by atoms with Crippen LogP contribution in [-0.2, 0) is 16.4 Å². The van der Waals surface area contributed by atoms with Crippen molar-refractivity contribution in [3.63, 3.8) is 0 Å². The van der Waals surface area contributed by atoms with Gasteiger partial charge >= 0.3 is 0 Å². The zero-order valence-corrected chi connectivity index (χ0v) is 19.6. The lowest BCUT2D eigenvalue weighted by atomic mass is 10.1. The average Bonchev–Trinajstić information content (AvgIpc) is 3.48. The van der Waals surface area contributed by atoms with Crippen LogP contribution in [0.15, 0.2) is 89.8 Å². The molecule has 5 aromatic rings. The number of hydrogen-bond donors (Lipinski definition) is 1. The molecule has 1 N–H and O–H groups in total. The number of aromatic nitrogens is 1. The Labute approximate surface area is 200 Å². The molecule has 8 heteroatoms. The monoisotopic (exact) mass is 485 g/mol. The molecule has 6 nitrogen and oxygen atoms in total. The molecule has 0 spiro atoms. The Bertz CT molecular complexity index is 1680. The fourth-order valence-electron chi connectivity index (χ4n) is 4.34. The van der Waals surface area contributed by atoms with Crippen molar-refractivity contribution in [2.24, 2.45) is 0 Å². The van der Waals surface area contributed by atoms with E-state index in [1.54, 1.807) is 0 Å². The van der Waals surface area contributed by atoms with E-state index in [1.165, 1.54) is 39.9 Å². The molecule has 0 radical (unpaired) electrons. The third-order valence-electron chi connectivity index (χ3n) is 6.05. The first kappa shape index (κ1) is 20.8. The summed E-state index contributed by atoms with van der Waals surface area (Å²) in [5.74, 6) is -0.334. The van der Waals surface area contributed by atoms with Gasteiger partial charge in [0.15, 0.2) is 5.13 Å². The summed E-state index contributed by atoms with van der Waals surface area (Å²) in [7, 11) is -3.70. The number of thiazole rings is 1. The number of amides is 1. The van der Waals surface area contributed by atoms with Crippen LogP contribution in [0.2, 0.25) is 0 Å². The highest BCUT2D eigenvalue weighted by molar-refractivity contribution is 7.92. The van der Waals surface area contributed by atoms with Gasteiger partial charge in [-0.1, -0.05) is 59.9 Å². The van der Waals surface area contributed by atoms with Crippen molar-refractivity contribution in [2.75, 3.05) is 16.2 Å². The van der Waals surface area contributed by atoms with E-state index in [9.17, 15) is 13.2 Å². The normalized spacial score (nSPS) is 13.4. The molecule has 0 atom stereocenters. The van der Waals surface area contributed by atoms with Crippen LogP contribution in [0.1, 0.15) is 15.9 Å². The van der Waals surface area contributed by atoms with E-state index in [0.717, 1.165) is 26.6 Å². The first-order valence-electron chi connectivity index (χ1n) is 10.8. The van der Waals surface area contributed by atoms with Crippen LogP contribution in [-0.4, -0.2) is 25.9 Å². The molecule has 1 aromatic heterocycles. The summed E-state index contributed by atoms with van der Waals surface area (Å²) in [6.07, 6.45) is 0.688. The fraction of sp³-hybridized carbons (Fsp3) is 0.0769. The quantitative estimate of drug-likeness (QED) is 0.367. The number of rotatable bonds is 4. The molecule has 1 aliphatic heterocycles. The molecule has 6 rings (SSSR count). The Kier molecular flexibility index (Phi) is 4.86. The number of hydrogen-bond acceptors (Lipinski definition) is 5. The first-order valence-corrected chi connectivity index (χ1v) is 13.1. The van der Waals surface area contributed by atoms with E-state index < -0.39 is 10.0 Å². The van der Waals surface area contributed by atoms with E-state index in [0.29, 0.717) is 29.3 Å². The van der Waals surface area contributed by atoms with E-state index >= 15 is 0 Å². The highest BCUT2D eigenvalue weighted by Crippen LogP contribution is 2.34. The number of carbonyl (C=O) groups is 1. The molecule has 168 valence electrons. The number of benzene rings is 4. The second-order valence-corrected chi connectivity index (χ2v) is 10.9. The van der Waals surface area contributed by atoms with Gasteiger partial charge in [-0.2, -0.15) is 0 Å². The Balaban J connectivity index is 1.24. The molecular weight excluding hydrogens is 466 g/mol. The van der Waals surface area contributed by atoms with Gasteiger partial charge in [-0.3, -0.25) is 14.4 Å². The standard InChI is InChI=1S/C26H19N3O3S2/c30-25(28-26-27-22-14-11-17-5-1-3-7-21(17)24(22)33-26)19-9-12-20(13-10-19)34(31,32)29-16-15-18-6-2-4-8-23(18)29/h1-14H,15-16H2,(H,27,28,30). The maximum Gasteiger partial charge on any atom is 0.264 e. The minimum atomic E-state index is -3.70. The van der Waals surface area contributed by atoms with E-state index in [-0.39, 0.29) is 10.8 Å². The lowest BCUT2D eigenvalue weighted by Crippen LogP contribution is -2.29. The summed E-state index contributed by atoms with van der Waals surface area (Å²) in [4.78, 5) is 17.5. The molecule has 0 fully saturated rings. The van der Waals surface area contributed by atoms with Gasteiger partial charge in [0.25, 0.3) is 15.9 Å². The Hall–Kier alpha value is -3.75. The van der Waals surface area contributed by atoms with Crippen LogP contribution in [0, 0.1) is 0 Å². The van der Waals surface area contributed by atoms with Crippen LogP contribution >= 0.6 is 11.3 Å². The van der Waals surface area contributed by atoms with Crippen LogP contribution in [0.3, 0.4) is 0 Å². The summed E-state index contributed by atoms with van der Waals surface area (Å²) in [5, 5.41) is 5.56. The van der Waals surface area contributed by atoms with Crippen molar-refractivity contribution in [3.05, 3.63) is 96.1 Å². The molecule has 0 bridgehead atoms. The third-order valence-corrected chi connectivity index (χ3v) is 8.90. The summed E-state index contributed by atoms with van der Waals surface area (Å²) in [6.45, 7) is 0.413. The number of anilines is 2. The molecule has 34 heavy (non-hydrogen) atoms. The van der Waals surface area contributed by atoms with Crippen molar-refractivity contribution in [1.82, 2.24) is 4.98 Å². The van der Waals surface area contributed by atoms with Crippen molar-refractivity contribution < 1.29 is 13.2 Å². The summed E-state index contributed by atoms with van der Waals surface area (Å²) in [5.41, 5.74) is 2.93. The predicted octanol–water partition coefficient (Wildman–Crippen LogP) is 5.45. The van der Waals surface area contributed by atoms with Crippen LogP contribution in [0.25, 0.3) is 21.0 Å². The lowest BCUT2D eigenvalue weighted by Gasteiger charge is -2.19. The van der Waals surface area contributed by atoms with Crippen molar-refractivity contribution >= 4 is 59.1 Å². The van der Waals surface area contributed by atoms with Gasteiger partial charge in [0.1, 0.15) is 0 Å².